The Labute approximate surface area is 82.9 Å². The van der Waals surface area contributed by atoms with Gasteiger partial charge in [0.05, 0.1) is 0 Å². The lowest BCUT2D eigenvalue weighted by molar-refractivity contribution is 0.765. The Morgan fingerprint density at radius 3 is 2.92 bits per heavy atom. The molecule has 0 aliphatic carbocycles. The lowest BCUT2D eigenvalue weighted by Gasteiger charge is -2.02. The number of halogens is 1. The minimum absolute atomic E-state index is 0.744. The van der Waals surface area contributed by atoms with E-state index in [2.05, 4.69) is 36.4 Å². The zero-order valence-corrected chi connectivity index (χ0v) is 8.43. The van der Waals surface area contributed by atoms with Crippen LogP contribution in [0.25, 0.3) is 5.82 Å². The molecule has 0 radical (unpaired) electrons. The summed E-state index contributed by atoms with van der Waals surface area (Å²) >= 11 is 3.34. The first-order valence-electron chi connectivity index (χ1n) is 3.63. The van der Waals surface area contributed by atoms with Crippen molar-refractivity contribution in [3.8, 4) is 5.82 Å². The van der Waals surface area contributed by atoms with Crippen LogP contribution in [0.3, 0.4) is 0 Å². The second-order valence-corrected chi connectivity index (χ2v) is 3.46. The van der Waals surface area contributed by atoms with E-state index < -0.39 is 0 Å². The SMILES string of the molecule is Cc1cc(Br)cnc1-n1cnnn1. The van der Waals surface area contributed by atoms with E-state index in [0.29, 0.717) is 0 Å². The summed E-state index contributed by atoms with van der Waals surface area (Å²) in [5.41, 5.74) is 1.02. The number of aryl methyl sites for hydroxylation is 1. The van der Waals surface area contributed by atoms with Crippen LogP contribution in [0.5, 0.6) is 0 Å². The Morgan fingerprint density at radius 1 is 1.46 bits per heavy atom. The van der Waals surface area contributed by atoms with E-state index in [1.807, 2.05) is 13.0 Å². The summed E-state index contributed by atoms with van der Waals surface area (Å²) in [5, 5.41) is 10.8. The van der Waals surface area contributed by atoms with E-state index in [1.165, 1.54) is 11.0 Å². The molecule has 0 N–H and O–H groups in total. The lowest BCUT2D eigenvalue weighted by Crippen LogP contribution is -2.00. The molecule has 5 nitrogen and oxygen atoms in total. The molecule has 6 heteroatoms. The van der Waals surface area contributed by atoms with Crippen molar-refractivity contribution in [2.75, 3.05) is 0 Å². The Morgan fingerprint density at radius 2 is 2.31 bits per heavy atom. The molecule has 0 bridgehead atoms. The Bertz CT molecular complexity index is 411. The highest BCUT2D eigenvalue weighted by molar-refractivity contribution is 9.10. The normalized spacial score (nSPS) is 10.3. The summed E-state index contributed by atoms with van der Waals surface area (Å²) in [5.74, 6) is 0.744. The summed E-state index contributed by atoms with van der Waals surface area (Å²) in [4.78, 5) is 4.19. The topological polar surface area (TPSA) is 56.5 Å². The molecule has 13 heavy (non-hydrogen) atoms. The predicted molar refractivity (Wildman–Crippen MR) is 49.4 cm³/mol. The summed E-state index contributed by atoms with van der Waals surface area (Å²) in [6, 6.07) is 1.96. The van der Waals surface area contributed by atoms with E-state index in [4.69, 9.17) is 0 Å². The van der Waals surface area contributed by atoms with Crippen LogP contribution in [0.15, 0.2) is 23.1 Å². The third kappa shape index (κ3) is 1.57. The number of nitrogens with zero attached hydrogens (tertiary/aromatic N) is 5. The molecule has 0 spiro atoms. The average molecular weight is 240 g/mol. The van der Waals surface area contributed by atoms with Crippen molar-refractivity contribution >= 4 is 15.9 Å². The summed E-state index contributed by atoms with van der Waals surface area (Å²) < 4.78 is 2.48. The first-order valence-corrected chi connectivity index (χ1v) is 4.42. The van der Waals surface area contributed by atoms with E-state index >= 15 is 0 Å². The third-order valence-corrected chi connectivity index (χ3v) is 2.02. The monoisotopic (exact) mass is 239 g/mol. The highest BCUT2D eigenvalue weighted by Gasteiger charge is 2.03. The van der Waals surface area contributed by atoms with Gasteiger partial charge in [-0.25, -0.2) is 4.98 Å². The van der Waals surface area contributed by atoms with Gasteiger partial charge in [-0.2, -0.15) is 4.68 Å². The maximum absolute atomic E-state index is 4.19. The van der Waals surface area contributed by atoms with Gasteiger partial charge >= 0.3 is 0 Å². The molecule has 0 unspecified atom stereocenters. The second-order valence-electron chi connectivity index (χ2n) is 2.55. The molecule has 0 fully saturated rings. The van der Waals surface area contributed by atoms with Crippen molar-refractivity contribution in [3.05, 3.63) is 28.6 Å². The van der Waals surface area contributed by atoms with Gasteiger partial charge in [0, 0.05) is 10.7 Å². The molecule has 0 aliphatic heterocycles. The molecular formula is C7H6BrN5. The van der Waals surface area contributed by atoms with Crippen LogP contribution < -0.4 is 0 Å². The fraction of sp³-hybridized carbons (Fsp3) is 0.143. The average Bonchev–Trinajstić information content (AvgIpc) is 2.56. The van der Waals surface area contributed by atoms with Crippen molar-refractivity contribution in [1.82, 2.24) is 25.2 Å². The van der Waals surface area contributed by atoms with Crippen LogP contribution in [-0.2, 0) is 0 Å². The third-order valence-electron chi connectivity index (χ3n) is 1.58. The smallest absolute Gasteiger partial charge is 0.159 e. The molecule has 0 aliphatic rings. The molecule has 0 saturated heterocycles. The van der Waals surface area contributed by atoms with Gasteiger partial charge in [0.2, 0.25) is 0 Å². The van der Waals surface area contributed by atoms with Crippen LogP contribution in [0, 0.1) is 6.92 Å². The maximum Gasteiger partial charge on any atom is 0.159 e. The zero-order valence-electron chi connectivity index (χ0n) is 6.85. The number of rotatable bonds is 1. The number of tetrazole rings is 1. The summed E-state index contributed by atoms with van der Waals surface area (Å²) in [7, 11) is 0. The van der Waals surface area contributed by atoms with Crippen LogP contribution in [0.2, 0.25) is 0 Å². The molecule has 2 heterocycles. The first kappa shape index (κ1) is 8.31. The number of hydrogen-bond donors (Lipinski definition) is 0. The lowest BCUT2D eigenvalue weighted by atomic mass is 10.3. The van der Waals surface area contributed by atoms with Gasteiger partial charge in [0.25, 0.3) is 0 Å². The quantitative estimate of drug-likeness (QED) is 0.749. The zero-order chi connectivity index (χ0) is 9.26. The number of hydrogen-bond acceptors (Lipinski definition) is 4. The Kier molecular flexibility index (Phi) is 2.05. The summed E-state index contributed by atoms with van der Waals surface area (Å²) in [6.07, 6.45) is 3.23. The van der Waals surface area contributed by atoms with Crippen molar-refractivity contribution in [2.45, 2.75) is 6.92 Å². The van der Waals surface area contributed by atoms with E-state index in [-0.39, 0.29) is 0 Å². The molecule has 2 aromatic rings. The van der Waals surface area contributed by atoms with Crippen LogP contribution in [-0.4, -0.2) is 25.2 Å². The van der Waals surface area contributed by atoms with Gasteiger partial charge in [-0.15, -0.1) is 5.10 Å². The molecule has 2 aromatic heterocycles. The van der Waals surface area contributed by atoms with Gasteiger partial charge < -0.3 is 0 Å². The molecule has 0 saturated carbocycles. The highest BCUT2D eigenvalue weighted by Crippen LogP contribution is 2.14. The maximum atomic E-state index is 4.19. The van der Waals surface area contributed by atoms with Crippen molar-refractivity contribution in [1.29, 1.82) is 0 Å². The fourth-order valence-electron chi connectivity index (χ4n) is 1.03. The van der Waals surface area contributed by atoms with E-state index in [9.17, 15) is 0 Å². The van der Waals surface area contributed by atoms with Crippen LogP contribution in [0.4, 0.5) is 0 Å². The number of pyridine rings is 1. The van der Waals surface area contributed by atoms with Crippen LogP contribution >= 0.6 is 15.9 Å². The van der Waals surface area contributed by atoms with E-state index in [0.717, 1.165) is 15.9 Å². The van der Waals surface area contributed by atoms with Gasteiger partial charge in [0.1, 0.15) is 6.33 Å². The minimum Gasteiger partial charge on any atom is -0.236 e. The molecule has 0 aromatic carbocycles. The van der Waals surface area contributed by atoms with Crippen molar-refractivity contribution in [2.24, 2.45) is 0 Å². The molecule has 2 rings (SSSR count). The standard InChI is InChI=1S/C7H6BrN5/c1-5-2-6(8)3-9-7(5)13-4-10-11-12-13/h2-4H,1H3. The van der Waals surface area contributed by atoms with Gasteiger partial charge in [-0.3, -0.25) is 0 Å². The highest BCUT2D eigenvalue weighted by atomic mass is 79.9. The largest absolute Gasteiger partial charge is 0.236 e. The molecule has 0 atom stereocenters. The molecule has 0 amide bonds. The first-order chi connectivity index (χ1) is 6.27. The van der Waals surface area contributed by atoms with E-state index in [1.54, 1.807) is 6.20 Å². The van der Waals surface area contributed by atoms with Gasteiger partial charge in [-0.05, 0) is 44.9 Å². The molecule has 66 valence electrons. The Hall–Kier alpha value is -1.30. The fourth-order valence-corrected chi connectivity index (χ4v) is 1.48. The van der Waals surface area contributed by atoms with Crippen LogP contribution in [0.1, 0.15) is 5.56 Å². The van der Waals surface area contributed by atoms with Gasteiger partial charge in [0.15, 0.2) is 5.82 Å². The summed E-state index contributed by atoms with van der Waals surface area (Å²) in [6.45, 7) is 1.95. The second kappa shape index (κ2) is 3.21. The van der Waals surface area contributed by atoms with Crippen molar-refractivity contribution in [3.63, 3.8) is 0 Å². The predicted octanol–water partition coefficient (Wildman–Crippen LogP) is 1.13. The Balaban J connectivity index is 2.53. The van der Waals surface area contributed by atoms with Crippen molar-refractivity contribution < 1.29 is 0 Å². The minimum atomic E-state index is 0.744. The van der Waals surface area contributed by atoms with Gasteiger partial charge in [-0.1, -0.05) is 0 Å². The molecular weight excluding hydrogens is 234 g/mol. The number of aromatic nitrogens is 5.